The molecule has 0 aliphatic carbocycles. The Labute approximate surface area is 924 Å². The number of carbonyl (C=O) groups is 4. The number of carboxylic acids is 1. The average molecular weight is 2270 g/mol. The Morgan fingerprint density at radius 2 is 0.777 bits per heavy atom. The monoisotopic (exact) mass is 2260 g/mol. The Hall–Kier alpha value is -14.4. The summed E-state index contributed by atoms with van der Waals surface area (Å²) >= 11 is 10.3. The number of aliphatic hydroxyl groups excluding tert-OH is 2. The van der Waals surface area contributed by atoms with Gasteiger partial charge in [0.2, 0.25) is 6.41 Å². The van der Waals surface area contributed by atoms with Crippen LogP contribution in [0.1, 0.15) is 111 Å². The summed E-state index contributed by atoms with van der Waals surface area (Å²) in [4.78, 5) is 61.0. The maximum atomic E-state index is 13.6. The van der Waals surface area contributed by atoms with Gasteiger partial charge in [-0.2, -0.15) is 0 Å². The number of esters is 1. The number of nitrogens with one attached hydrogen (secondary N) is 2. The Morgan fingerprint density at radius 1 is 0.419 bits per heavy atom. The first kappa shape index (κ1) is 114. The molecule has 742 valence electrons. The van der Waals surface area contributed by atoms with Gasteiger partial charge in [-0.3, -0.25) is 9.59 Å². The van der Waals surface area contributed by atoms with Crippen molar-refractivity contribution in [2.45, 2.75) is 79.6 Å². The maximum Gasteiger partial charge on any atom is 1.00 e. The molecule has 0 saturated heterocycles. The summed E-state index contributed by atoms with van der Waals surface area (Å²) in [6.07, 6.45) is 3.29. The molecule has 1 amide bonds. The first-order valence-electron chi connectivity index (χ1n) is 44.6. The van der Waals surface area contributed by atoms with Crippen LogP contribution in [0.25, 0.3) is 73.9 Å². The van der Waals surface area contributed by atoms with Crippen LogP contribution in [-0.4, -0.2) is 114 Å². The van der Waals surface area contributed by atoms with E-state index in [-0.39, 0.29) is 89.4 Å². The number of aryl methyl sites for hydroxylation is 4. The van der Waals surface area contributed by atoms with E-state index in [1.54, 1.807) is 256 Å². The number of hydrogen-bond acceptors (Lipinski definition) is 16. The molecule has 35 heteroatoms. The van der Waals surface area contributed by atoms with Crippen molar-refractivity contribution in [3.05, 3.63) is 489 Å². The number of amides is 1. The number of benzene rings is 14. The fourth-order valence-electron chi connectivity index (χ4n) is 15.5. The molecule has 0 aliphatic heterocycles. The van der Waals surface area contributed by atoms with Crippen molar-refractivity contribution in [1.82, 2.24) is 20.9 Å². The normalized spacial score (nSPS) is 11.1. The standard InChI is InChI=1S/C25H20N2O4S.C23H17BrN2O3S.C23H17BrN2O2S.C17H14N2O3.C15H12BrNO2S.C8H5NO.C2H6O.K.H2O/c1-17-4-11-23(12-5-17)32(29,30)27-22(14-18-6-9-21(26-2)10-7-18)16-20-15-19(25(28)31-3)8-13-24(20)27;1-15-3-10-20(11-4-15)30(28,29)26-21-12-7-18(24)13-17(21)14-22(26)23(27)16-5-8-19(25-2)9-6-16;1-16-3-10-22(11-4-16)29(27,28)26-21(13-17-5-8-20(25-2)9-6-17)15-18-14-19(24)7-12-23(18)26;20-10-18-14-4-1-11(2-5-14)7-15-9-13-8-12(17(21)22)3-6-16(13)19-15;1-11-2-5-14(6-3-11)20(18,19)17-9-8-12-10-13(16)4-7-15(12)17;1-9-8-4-2-7(6-10)3-5-8;1-2-3;;/h4-13,15-16H,14H2,1,3H3;3-14,23,27H,1H3;3-12,14-15H,13H2,1H3;1-6,8-10,19H,7H2,(H,18,20)(H,21,22);2-10H,1H3;2-6H;3H,2H2,1H3;;1H2/q;;;;;;;+1;/p-1. The largest absolute Gasteiger partial charge is 1.00 e. The number of hydrogen-bond donors (Lipinski definition) is 5. The van der Waals surface area contributed by atoms with Gasteiger partial charge in [0.15, 0.2) is 22.7 Å². The number of aromatic nitrogens is 5. The number of H-pyrrole nitrogens is 1. The fourth-order valence-corrected chi connectivity index (χ4v) is 22.6. The van der Waals surface area contributed by atoms with Gasteiger partial charge in [-0.05, 0) is 239 Å². The summed E-state index contributed by atoms with van der Waals surface area (Å²) in [7, 11) is -13.9. The number of aliphatic hydroxyl groups is 2. The number of aromatic amines is 1. The van der Waals surface area contributed by atoms with E-state index in [1.165, 1.54) is 23.0 Å². The van der Waals surface area contributed by atoms with E-state index in [2.05, 4.69) is 77.5 Å². The summed E-state index contributed by atoms with van der Waals surface area (Å²) in [5.41, 5.74) is 17.1. The molecule has 27 nitrogen and oxygen atoms in total. The molecule has 5 aromatic heterocycles. The molecule has 0 spiro atoms. The average Bonchev–Trinajstić information content (AvgIpc) is 1.59. The third kappa shape index (κ3) is 27.7. The summed E-state index contributed by atoms with van der Waals surface area (Å²) < 4.78 is 119. The Balaban J connectivity index is 0.000000171. The van der Waals surface area contributed by atoms with Gasteiger partial charge in [0.25, 0.3) is 40.1 Å². The Bertz CT molecular complexity index is 8750. The Morgan fingerprint density at radius 3 is 1.20 bits per heavy atom. The second kappa shape index (κ2) is 51.3. The number of fused-ring (bicyclic) bond motifs is 5. The molecule has 19 rings (SSSR count). The van der Waals surface area contributed by atoms with Gasteiger partial charge in [0.1, 0.15) is 12.4 Å². The quantitative estimate of drug-likeness (QED) is 0.0193. The maximum absolute atomic E-state index is 13.6. The molecule has 19 aromatic rings. The van der Waals surface area contributed by atoms with E-state index in [0.717, 1.165) is 91.7 Å². The molecule has 1 unspecified atom stereocenters. The van der Waals surface area contributed by atoms with Gasteiger partial charge >= 0.3 is 63.3 Å². The zero-order chi connectivity index (χ0) is 105. The van der Waals surface area contributed by atoms with Gasteiger partial charge in [-0.1, -0.05) is 228 Å². The zero-order valence-corrected chi connectivity index (χ0v) is 91.6. The summed E-state index contributed by atoms with van der Waals surface area (Å²) in [5, 5.41) is 34.2. The molecule has 5 heterocycles. The number of methoxy groups -OCH3 is 1. The molecule has 14 aromatic carbocycles. The van der Waals surface area contributed by atoms with Crippen LogP contribution in [0.2, 0.25) is 0 Å². The second-order valence-electron chi connectivity index (χ2n) is 33.1. The first-order valence-corrected chi connectivity index (χ1v) is 52.7. The van der Waals surface area contributed by atoms with Crippen molar-refractivity contribution in [1.29, 1.82) is 0 Å². The van der Waals surface area contributed by atoms with E-state index in [0.29, 0.717) is 114 Å². The third-order valence-electron chi connectivity index (χ3n) is 22.8. The van der Waals surface area contributed by atoms with Gasteiger partial charge in [-0.25, -0.2) is 78.5 Å². The number of nitrogens with zero attached hydrogens (tertiary/aromatic N) is 8. The van der Waals surface area contributed by atoms with Crippen LogP contribution in [0.4, 0.5) is 28.4 Å². The van der Waals surface area contributed by atoms with Crippen LogP contribution in [0.3, 0.4) is 0 Å². The number of ether oxygens (including phenoxy) is 1. The third-order valence-corrected chi connectivity index (χ3v) is 31.3. The fraction of sp³-hybridized carbons (Fsp3) is 0.0973. The molecular formula is C113H92Br3KN10O17S4. The summed E-state index contributed by atoms with van der Waals surface area (Å²) in [6, 6.07) is 97.3. The number of anilines is 1. The van der Waals surface area contributed by atoms with Crippen LogP contribution < -0.4 is 56.7 Å². The summed E-state index contributed by atoms with van der Waals surface area (Å²) in [5.74, 6) is -1.42. The molecule has 148 heavy (non-hydrogen) atoms. The van der Waals surface area contributed by atoms with E-state index >= 15 is 0 Å². The van der Waals surface area contributed by atoms with Crippen LogP contribution in [0, 0.1) is 54.0 Å². The van der Waals surface area contributed by atoms with Gasteiger partial charge < -0.3 is 35.8 Å². The van der Waals surface area contributed by atoms with Gasteiger partial charge in [-0.15, -0.1) is 0 Å². The van der Waals surface area contributed by atoms with E-state index in [9.17, 15) is 58.0 Å². The van der Waals surface area contributed by atoms with Crippen LogP contribution in [-0.2, 0) is 68.9 Å². The predicted molar refractivity (Wildman–Crippen MR) is 582 cm³/mol. The molecule has 6 N–H and O–H groups in total. The molecule has 0 aliphatic rings. The number of aromatic carboxylic acids is 1. The van der Waals surface area contributed by atoms with E-state index < -0.39 is 58.1 Å². The smallest absolute Gasteiger partial charge is 0.870 e. The van der Waals surface area contributed by atoms with Crippen molar-refractivity contribution in [2.24, 2.45) is 0 Å². The minimum absolute atomic E-state index is 0. The first-order chi connectivity index (χ1) is 69.9. The number of aldehydes is 1. The van der Waals surface area contributed by atoms with Crippen molar-refractivity contribution in [3.8, 4) is 0 Å². The second-order valence-corrected chi connectivity index (χ2v) is 43.0. The van der Waals surface area contributed by atoms with Crippen molar-refractivity contribution < 1.29 is 130 Å². The number of carboxylic acid groups (broad SMARTS) is 1. The van der Waals surface area contributed by atoms with Crippen LogP contribution >= 0.6 is 47.8 Å². The summed E-state index contributed by atoms with van der Waals surface area (Å²) in [6.45, 7) is 37.5. The van der Waals surface area contributed by atoms with Gasteiger partial charge in [0, 0.05) is 106 Å². The van der Waals surface area contributed by atoms with Crippen LogP contribution in [0.15, 0.2) is 379 Å². The number of halogens is 3. The van der Waals surface area contributed by atoms with Crippen LogP contribution in [0.5, 0.6) is 0 Å². The Kier molecular flexibility index (Phi) is 39.5. The number of carbonyl (C=O) groups excluding carboxylic acids is 3. The van der Waals surface area contributed by atoms with E-state index in [1.807, 2.05) is 125 Å². The van der Waals surface area contributed by atoms with Gasteiger partial charge in [0.05, 0.1) is 91.9 Å². The molecule has 0 radical (unpaired) electrons. The van der Waals surface area contributed by atoms with Crippen molar-refractivity contribution >= 4 is 195 Å². The predicted octanol–water partition coefficient (Wildman–Crippen LogP) is 22.6. The molecule has 1 atom stereocenters. The molecular weight excluding hydrogens is 2180 g/mol. The minimum Gasteiger partial charge on any atom is -0.870 e. The molecule has 0 saturated carbocycles. The topological polar surface area (TPSA) is 370 Å². The SMILES string of the molecule is CCO.Cc1ccc(S(=O)(=O)n2ccc3cc(Br)ccc32)cc1.O=CNc1ccc(Cc2cc3cc(C(=O)O)ccc3[nH]2)cc1.[C-]#[N+]c1ccc(C(O)c2cc3cc(Br)ccc3n2S(=O)(=O)c2ccc(C)cc2)cc1.[C-]#[N+]c1ccc(C=O)cc1.[C-]#[N+]c1ccc(Cc2cc3cc(Br)ccc3n2S(=O)(=O)c2ccc(C)cc2)cc1.[C-]#[N+]c1ccc(Cc2cc3cc(C(=O)OC)ccc3n2S(=O)(=O)c2ccc(C)cc2)cc1.[K+].[OH-]. The molecule has 0 bridgehead atoms. The zero-order valence-electron chi connectivity index (χ0n) is 80.4. The van der Waals surface area contributed by atoms with E-state index in [4.69, 9.17) is 41.2 Å². The minimum atomic E-state index is -3.96. The molecule has 0 fully saturated rings. The number of rotatable bonds is 21. The van der Waals surface area contributed by atoms with Crippen molar-refractivity contribution in [2.75, 3.05) is 19.0 Å². The van der Waals surface area contributed by atoms with Crippen molar-refractivity contribution in [3.63, 3.8) is 0 Å².